The van der Waals surface area contributed by atoms with Crippen molar-refractivity contribution < 1.29 is 18.9 Å². The molecule has 1 aliphatic heterocycles. The molecular weight excluding hydrogens is 215 g/mol. The van der Waals surface area contributed by atoms with E-state index < -0.39 is 0 Å². The molecule has 0 nitrogen and oxygen atoms in total. The molecule has 3 rings (SSSR count). The Bertz CT molecular complexity index is 395. The average Bonchev–Trinajstić information content (AvgIpc) is 2.26. The van der Waals surface area contributed by atoms with Crippen molar-refractivity contribution in [1.29, 1.82) is 0 Å². The molecule has 0 spiro atoms. The van der Waals surface area contributed by atoms with Gasteiger partial charge in [0, 0.05) is 9.79 Å². The maximum absolute atomic E-state index is 3.27. The van der Waals surface area contributed by atoms with Crippen molar-refractivity contribution in [3.05, 3.63) is 48.5 Å². The number of fused-ring (bicyclic) bond motifs is 2. The second kappa shape index (κ2) is 4.72. The fraction of sp³-hybridized carbons (Fsp3) is 0. The summed E-state index contributed by atoms with van der Waals surface area (Å²) in [6.07, 6.45) is 0. The zero-order valence-electron chi connectivity index (χ0n) is 8.36. The van der Waals surface area contributed by atoms with Gasteiger partial charge in [-0.25, -0.2) is 0 Å². The topological polar surface area (TPSA) is 0 Å². The molecule has 0 bridgehead atoms. The Balaban J connectivity index is 0.000000853. The van der Waals surface area contributed by atoms with E-state index in [4.69, 9.17) is 0 Å². The van der Waals surface area contributed by atoms with Crippen LogP contribution in [0.5, 0.6) is 0 Å². The molecule has 0 N–H and O–H groups in total. The van der Waals surface area contributed by atoms with Crippen molar-refractivity contribution in [2.24, 2.45) is 0 Å². The number of benzene rings is 2. The molecule has 2 aromatic carbocycles. The van der Waals surface area contributed by atoms with Crippen LogP contribution in [0.2, 0.25) is 0 Å². The molecule has 0 atom stereocenters. The zero-order chi connectivity index (χ0) is 9.38. The summed E-state index contributed by atoms with van der Waals surface area (Å²) in [4.78, 5) is 5.25. The minimum absolute atomic E-state index is 0. The summed E-state index contributed by atoms with van der Waals surface area (Å²) in [6, 6.07) is 17.9. The Labute approximate surface area is 110 Å². The molecule has 3 heteroatoms. The zero-order valence-corrected chi connectivity index (χ0v) is 9.99. The van der Waals surface area contributed by atoms with Crippen LogP contribution < -0.4 is 18.9 Å². The predicted molar refractivity (Wildman–Crippen MR) is 60.0 cm³/mol. The summed E-state index contributed by atoms with van der Waals surface area (Å²) >= 11 is 3.64. The first-order valence-corrected chi connectivity index (χ1v) is 6.02. The van der Waals surface area contributed by atoms with Crippen LogP contribution in [0.1, 0.15) is 0 Å². The van der Waals surface area contributed by atoms with Gasteiger partial charge in [-0.05, 0) is 12.1 Å². The molecule has 1 aliphatic rings. The number of hydrogen-bond donors (Lipinski definition) is 0. The van der Waals surface area contributed by atoms with E-state index >= 15 is 0 Å². The minimum atomic E-state index is 0. The van der Waals surface area contributed by atoms with E-state index in [0.717, 1.165) is 0 Å². The first kappa shape index (κ1) is 11.2. The smallest absolute Gasteiger partial charge is 0.176 e. The van der Waals surface area contributed by atoms with Crippen LogP contribution in [0, 0.1) is 6.07 Å². The fourth-order valence-corrected chi connectivity index (χ4v) is 3.59. The average molecular weight is 222 g/mol. The SMILES string of the molecule is [Li+].[c-]1cccc2c1Sc1ccccc1S2. The molecule has 0 saturated heterocycles. The first-order chi connectivity index (χ1) is 6.93. The van der Waals surface area contributed by atoms with E-state index in [1.165, 1.54) is 19.6 Å². The molecule has 0 aromatic heterocycles. The van der Waals surface area contributed by atoms with Crippen molar-refractivity contribution >= 4 is 23.5 Å². The standard InChI is InChI=1S/C12H7S2.Li/c1-2-6-10-9(5-1)13-11-7-3-4-8-12(11)14-10;/h1-7H;/q-1;+1. The summed E-state index contributed by atoms with van der Waals surface area (Å²) in [6.45, 7) is 0. The Morgan fingerprint density at radius 1 is 0.800 bits per heavy atom. The molecule has 2 aromatic rings. The quantitative estimate of drug-likeness (QED) is 0.413. The summed E-state index contributed by atoms with van der Waals surface area (Å²) < 4.78 is 0. The van der Waals surface area contributed by atoms with Gasteiger partial charge in [0.25, 0.3) is 0 Å². The summed E-state index contributed by atoms with van der Waals surface area (Å²) in [7, 11) is 0. The minimum Gasteiger partial charge on any atom is -0.176 e. The molecule has 1 heterocycles. The van der Waals surface area contributed by atoms with Crippen LogP contribution in [0.15, 0.2) is 62.0 Å². The Morgan fingerprint density at radius 3 is 2.27 bits per heavy atom. The second-order valence-electron chi connectivity index (χ2n) is 3.01. The number of hydrogen-bond acceptors (Lipinski definition) is 2. The van der Waals surface area contributed by atoms with Gasteiger partial charge in [0.15, 0.2) is 0 Å². The van der Waals surface area contributed by atoms with Gasteiger partial charge in [-0.15, -0.1) is 11.8 Å². The van der Waals surface area contributed by atoms with E-state index in [9.17, 15) is 0 Å². The van der Waals surface area contributed by atoms with E-state index in [1.54, 1.807) is 11.8 Å². The molecule has 0 fully saturated rings. The van der Waals surface area contributed by atoms with Gasteiger partial charge in [0.2, 0.25) is 0 Å². The second-order valence-corrected chi connectivity index (χ2v) is 5.15. The molecule has 0 radical (unpaired) electrons. The molecule has 0 amide bonds. The van der Waals surface area contributed by atoms with E-state index in [-0.39, 0.29) is 18.9 Å². The Kier molecular flexibility index (Phi) is 3.53. The molecule has 15 heavy (non-hydrogen) atoms. The van der Waals surface area contributed by atoms with Crippen molar-refractivity contribution in [2.45, 2.75) is 19.6 Å². The van der Waals surface area contributed by atoms with E-state index in [2.05, 4.69) is 36.4 Å². The third-order valence-corrected chi connectivity index (χ3v) is 4.58. The fourth-order valence-electron chi connectivity index (χ4n) is 1.41. The van der Waals surface area contributed by atoms with Crippen LogP contribution in [0.3, 0.4) is 0 Å². The predicted octanol–water partition coefficient (Wildman–Crippen LogP) is 1.11. The van der Waals surface area contributed by atoms with Gasteiger partial charge in [0.1, 0.15) is 0 Å². The van der Waals surface area contributed by atoms with Crippen molar-refractivity contribution in [3.8, 4) is 0 Å². The molecule has 0 saturated carbocycles. The van der Waals surface area contributed by atoms with Gasteiger partial charge >= 0.3 is 18.9 Å². The molecular formula is C12H7LiS2. The molecule has 0 aliphatic carbocycles. The maximum atomic E-state index is 3.27. The first-order valence-electron chi connectivity index (χ1n) is 4.39. The summed E-state index contributed by atoms with van der Waals surface area (Å²) in [5, 5.41) is 0. The van der Waals surface area contributed by atoms with Crippen LogP contribution in [-0.4, -0.2) is 0 Å². The Hall–Kier alpha value is -0.263. The van der Waals surface area contributed by atoms with Crippen LogP contribution in [0.25, 0.3) is 0 Å². The third-order valence-electron chi connectivity index (χ3n) is 2.06. The monoisotopic (exact) mass is 222 g/mol. The van der Waals surface area contributed by atoms with Crippen molar-refractivity contribution in [3.63, 3.8) is 0 Å². The van der Waals surface area contributed by atoms with Gasteiger partial charge in [-0.2, -0.15) is 36.0 Å². The van der Waals surface area contributed by atoms with Crippen molar-refractivity contribution in [1.82, 2.24) is 0 Å². The van der Waals surface area contributed by atoms with E-state index in [1.807, 2.05) is 23.9 Å². The van der Waals surface area contributed by atoms with Gasteiger partial charge in [-0.1, -0.05) is 21.9 Å². The Morgan fingerprint density at radius 2 is 1.47 bits per heavy atom. The summed E-state index contributed by atoms with van der Waals surface area (Å²) in [5.74, 6) is 0. The van der Waals surface area contributed by atoms with E-state index in [0.29, 0.717) is 0 Å². The van der Waals surface area contributed by atoms with Gasteiger partial charge in [0.05, 0.1) is 0 Å². The van der Waals surface area contributed by atoms with Crippen LogP contribution in [-0.2, 0) is 0 Å². The third kappa shape index (κ3) is 2.14. The molecule has 0 unspecified atom stereocenters. The molecule has 68 valence electrons. The normalized spacial score (nSPS) is 12.3. The van der Waals surface area contributed by atoms with Gasteiger partial charge in [-0.3, -0.25) is 0 Å². The number of rotatable bonds is 0. The van der Waals surface area contributed by atoms with Crippen LogP contribution in [0.4, 0.5) is 0 Å². The summed E-state index contributed by atoms with van der Waals surface area (Å²) in [5.41, 5.74) is 0. The van der Waals surface area contributed by atoms with Crippen LogP contribution >= 0.6 is 23.5 Å². The van der Waals surface area contributed by atoms with Gasteiger partial charge < -0.3 is 0 Å². The van der Waals surface area contributed by atoms with Crippen molar-refractivity contribution in [2.75, 3.05) is 0 Å². The maximum Gasteiger partial charge on any atom is 1.00 e. The largest absolute Gasteiger partial charge is 1.00 e.